The summed E-state index contributed by atoms with van der Waals surface area (Å²) in [6.07, 6.45) is 0. The number of fused-ring (bicyclic) bond motifs is 8. The molecule has 2 aromatic heterocycles. The van der Waals surface area contributed by atoms with E-state index < -0.39 is 6.04 Å². The van der Waals surface area contributed by atoms with Crippen LogP contribution in [0.4, 0.5) is 17.1 Å². The van der Waals surface area contributed by atoms with Crippen LogP contribution in [0.3, 0.4) is 0 Å². The van der Waals surface area contributed by atoms with Crippen molar-refractivity contribution in [3.8, 4) is 11.4 Å². The SMILES string of the molecule is Cc1cc(C)c2c(c1)c1cc(C)cc(C)c1n2-c1ccc2c(c1)N(c1ccccc1)c1cc(-n3c4c(C)cc(C)cc4c4cc(C)cc(C)c43)ccc1P2(=S)c1ccccc1. The van der Waals surface area contributed by atoms with Crippen molar-refractivity contribution in [1.29, 1.82) is 0 Å². The van der Waals surface area contributed by atoms with Crippen molar-refractivity contribution in [2.75, 3.05) is 4.90 Å². The van der Waals surface area contributed by atoms with Crippen LogP contribution in [-0.4, -0.2) is 9.13 Å². The van der Waals surface area contributed by atoms with Gasteiger partial charge in [-0.05, 0) is 156 Å². The molecule has 0 atom stereocenters. The summed E-state index contributed by atoms with van der Waals surface area (Å²) >= 11 is 7.24. The third kappa shape index (κ3) is 5.52. The Labute approximate surface area is 363 Å². The Balaban J connectivity index is 1.26. The molecule has 0 spiro atoms. The third-order valence-corrected chi connectivity index (χ3v) is 17.9. The zero-order valence-corrected chi connectivity index (χ0v) is 37.8. The first-order valence-electron chi connectivity index (χ1n) is 21.3. The van der Waals surface area contributed by atoms with E-state index in [1.165, 1.54) is 104 Å². The predicted molar refractivity (Wildman–Crippen MR) is 267 cm³/mol. The molecular formula is C56H48N3PS. The summed E-state index contributed by atoms with van der Waals surface area (Å²) in [7, 11) is 0. The number of aromatic nitrogens is 2. The number of benzene rings is 8. The Morgan fingerprint density at radius 2 is 0.705 bits per heavy atom. The number of hydrogen-bond acceptors (Lipinski definition) is 2. The van der Waals surface area contributed by atoms with Crippen molar-refractivity contribution in [3.63, 3.8) is 0 Å². The normalized spacial score (nSPS) is 13.4. The molecule has 11 rings (SSSR count). The molecule has 5 heteroatoms. The number of aryl methyl sites for hydroxylation is 8. The van der Waals surface area contributed by atoms with Gasteiger partial charge in [-0.15, -0.1) is 0 Å². The van der Waals surface area contributed by atoms with Crippen LogP contribution in [0, 0.1) is 55.4 Å². The van der Waals surface area contributed by atoms with Crippen molar-refractivity contribution in [3.05, 3.63) is 190 Å². The lowest BCUT2D eigenvalue weighted by Gasteiger charge is -2.40. The molecular weight excluding hydrogens is 778 g/mol. The van der Waals surface area contributed by atoms with Crippen LogP contribution in [0.2, 0.25) is 0 Å². The van der Waals surface area contributed by atoms with Crippen LogP contribution in [0.1, 0.15) is 44.5 Å². The number of para-hydroxylation sites is 1. The Morgan fingerprint density at radius 3 is 1.07 bits per heavy atom. The van der Waals surface area contributed by atoms with Gasteiger partial charge in [0.15, 0.2) is 0 Å². The fourth-order valence-electron chi connectivity index (χ4n) is 10.8. The van der Waals surface area contributed by atoms with Gasteiger partial charge < -0.3 is 14.0 Å². The van der Waals surface area contributed by atoms with E-state index in [0.717, 1.165) is 28.4 Å². The molecule has 0 amide bonds. The fraction of sp³-hybridized carbons (Fsp3) is 0.143. The summed E-state index contributed by atoms with van der Waals surface area (Å²) in [5.41, 5.74) is 20.8. The molecule has 61 heavy (non-hydrogen) atoms. The van der Waals surface area contributed by atoms with Gasteiger partial charge in [-0.25, -0.2) is 0 Å². The minimum atomic E-state index is -2.58. The van der Waals surface area contributed by atoms with Crippen molar-refractivity contribution in [1.82, 2.24) is 9.13 Å². The summed E-state index contributed by atoms with van der Waals surface area (Å²) in [6.45, 7) is 17.9. The second-order valence-electron chi connectivity index (χ2n) is 17.5. The third-order valence-electron chi connectivity index (χ3n) is 13.0. The van der Waals surface area contributed by atoms with Crippen molar-refractivity contribution < 1.29 is 0 Å². The lowest BCUT2D eigenvalue weighted by molar-refractivity contribution is 1.14. The van der Waals surface area contributed by atoms with Gasteiger partial charge in [0.2, 0.25) is 0 Å². The van der Waals surface area contributed by atoms with Gasteiger partial charge in [0.05, 0.1) is 33.4 Å². The molecule has 1 aliphatic rings. The van der Waals surface area contributed by atoms with E-state index >= 15 is 0 Å². The Hall–Kier alpha value is -6.19. The first-order valence-corrected chi connectivity index (χ1v) is 24.1. The van der Waals surface area contributed by atoms with E-state index in [1.807, 2.05) is 0 Å². The molecule has 0 aliphatic carbocycles. The van der Waals surface area contributed by atoms with Gasteiger partial charge >= 0.3 is 0 Å². The van der Waals surface area contributed by atoms with E-state index in [2.05, 4.69) is 215 Å². The number of anilines is 3. The monoisotopic (exact) mass is 825 g/mol. The van der Waals surface area contributed by atoms with Crippen LogP contribution in [0.15, 0.2) is 146 Å². The summed E-state index contributed by atoms with van der Waals surface area (Å²) in [6, 6.07) is 52.2. The zero-order valence-electron chi connectivity index (χ0n) is 36.1. The van der Waals surface area contributed by atoms with Crippen molar-refractivity contribution >= 4 is 94.4 Å². The first-order chi connectivity index (χ1) is 29.4. The van der Waals surface area contributed by atoms with Crippen molar-refractivity contribution in [2.24, 2.45) is 0 Å². The second-order valence-corrected chi connectivity index (χ2v) is 21.9. The van der Waals surface area contributed by atoms with Gasteiger partial charge in [-0.3, -0.25) is 0 Å². The standard InChI is InChI=1S/C56H48N3PS/c1-33-23-37(5)53-45(27-33)46-28-34(2)24-38(6)54(46)58(53)42-19-21-51-49(31-42)57(41-15-11-9-12-16-41)50-32-43(20-22-52(50)60(51,61)44-17-13-10-14-18-44)59-55-39(7)25-35(3)29-47(55)48-30-36(4)26-40(8)56(48)59/h9-32H,1-8H3. The molecule has 0 saturated heterocycles. The largest absolute Gasteiger partial charge is 0.309 e. The quantitative estimate of drug-likeness (QED) is 0.164. The topological polar surface area (TPSA) is 13.1 Å². The minimum Gasteiger partial charge on any atom is -0.309 e. The van der Waals surface area contributed by atoms with Crippen LogP contribution in [-0.2, 0) is 11.8 Å². The Morgan fingerprint density at radius 1 is 0.361 bits per heavy atom. The number of hydrogen-bond donors (Lipinski definition) is 0. The highest BCUT2D eigenvalue weighted by atomic mass is 32.4. The van der Waals surface area contributed by atoms with Crippen LogP contribution in [0.5, 0.6) is 0 Å². The smallest absolute Gasteiger partial charge is 0.0573 e. The molecule has 3 heterocycles. The molecule has 3 nitrogen and oxygen atoms in total. The second kappa shape index (κ2) is 13.7. The molecule has 0 bridgehead atoms. The number of rotatable bonds is 4. The highest BCUT2D eigenvalue weighted by Crippen LogP contribution is 2.55. The van der Waals surface area contributed by atoms with Gasteiger partial charge in [0, 0.05) is 55.3 Å². The molecule has 0 unspecified atom stereocenters. The van der Waals surface area contributed by atoms with E-state index in [4.69, 9.17) is 11.8 Å². The molecule has 0 saturated carbocycles. The van der Waals surface area contributed by atoms with E-state index in [-0.39, 0.29) is 0 Å². The molecule has 10 aromatic rings. The van der Waals surface area contributed by atoms with Crippen LogP contribution < -0.4 is 20.8 Å². The Bertz CT molecular complexity index is 3210. The average Bonchev–Trinajstić information content (AvgIpc) is 3.75. The summed E-state index contributed by atoms with van der Waals surface area (Å²) < 4.78 is 5.03. The zero-order chi connectivity index (χ0) is 42.1. The summed E-state index contributed by atoms with van der Waals surface area (Å²) in [4.78, 5) is 2.49. The maximum Gasteiger partial charge on any atom is 0.0573 e. The van der Waals surface area contributed by atoms with E-state index in [1.54, 1.807) is 0 Å². The van der Waals surface area contributed by atoms with Crippen LogP contribution >= 0.6 is 6.04 Å². The molecule has 0 N–H and O–H groups in total. The molecule has 0 fully saturated rings. The molecule has 8 aromatic carbocycles. The Kier molecular flexibility index (Phi) is 8.46. The summed E-state index contributed by atoms with van der Waals surface area (Å²) in [5, 5.41) is 8.79. The lowest BCUT2D eigenvalue weighted by atomic mass is 10.0. The number of nitrogens with zero attached hydrogens (tertiary/aromatic N) is 3. The van der Waals surface area contributed by atoms with Gasteiger partial charge in [-0.2, -0.15) is 0 Å². The first kappa shape index (κ1) is 37.8. The van der Waals surface area contributed by atoms with E-state index in [9.17, 15) is 0 Å². The highest BCUT2D eigenvalue weighted by Gasteiger charge is 2.38. The van der Waals surface area contributed by atoms with Gasteiger partial charge in [0.25, 0.3) is 0 Å². The van der Waals surface area contributed by atoms with E-state index in [0.29, 0.717) is 0 Å². The van der Waals surface area contributed by atoms with Crippen LogP contribution in [0.25, 0.3) is 55.0 Å². The van der Waals surface area contributed by atoms with Crippen molar-refractivity contribution in [2.45, 2.75) is 55.4 Å². The minimum absolute atomic E-state index is 1.11. The molecule has 0 radical (unpaired) electrons. The maximum absolute atomic E-state index is 7.24. The lowest BCUT2D eigenvalue weighted by Crippen LogP contribution is -2.36. The summed E-state index contributed by atoms with van der Waals surface area (Å²) in [5.74, 6) is 0. The van der Waals surface area contributed by atoms with Gasteiger partial charge in [-0.1, -0.05) is 107 Å². The van der Waals surface area contributed by atoms with Gasteiger partial charge in [0.1, 0.15) is 0 Å². The average molecular weight is 826 g/mol. The predicted octanol–water partition coefficient (Wildman–Crippen LogP) is 13.9. The molecule has 298 valence electrons. The maximum atomic E-state index is 7.24. The fourth-order valence-corrected chi connectivity index (χ4v) is 15.1. The molecule has 1 aliphatic heterocycles. The highest BCUT2D eigenvalue weighted by molar-refractivity contribution is 8.25.